The van der Waals surface area contributed by atoms with Crippen LogP contribution in [0, 0.1) is 6.92 Å². The maximum atomic E-state index is 13.0. The van der Waals surface area contributed by atoms with Crippen molar-refractivity contribution in [1.82, 2.24) is 9.97 Å². The minimum atomic E-state index is -4.40. The Morgan fingerprint density at radius 2 is 2.04 bits per heavy atom. The number of nitrogens with one attached hydrogen (secondary N) is 1. The number of thiol groups is 2. The van der Waals surface area contributed by atoms with Gasteiger partial charge >= 0.3 is 12.1 Å². The Morgan fingerprint density at radius 3 is 2.67 bits per heavy atom. The molecule has 0 fully saturated rings. The van der Waals surface area contributed by atoms with Crippen molar-refractivity contribution in [2.75, 3.05) is 12.9 Å². The molecule has 4 nitrogen and oxygen atoms in total. The number of benzene rings is 1. The third-order valence-electron chi connectivity index (χ3n) is 4.35. The summed E-state index contributed by atoms with van der Waals surface area (Å²) in [6, 6.07) is 5.26. The van der Waals surface area contributed by atoms with E-state index in [2.05, 4.69) is 35.2 Å². The molecule has 144 valence electrons. The second-order valence-corrected chi connectivity index (χ2v) is 7.25. The van der Waals surface area contributed by atoms with E-state index in [-0.39, 0.29) is 5.25 Å². The molecule has 0 spiro atoms. The molecule has 2 heterocycles. The number of aromatic nitrogens is 3. The zero-order valence-corrected chi connectivity index (χ0v) is 16.5. The lowest BCUT2D eigenvalue weighted by Crippen LogP contribution is -2.39. The molecular formula is C18H19F3N3OS2+. The van der Waals surface area contributed by atoms with Gasteiger partial charge in [-0.3, -0.25) is 0 Å². The van der Waals surface area contributed by atoms with Gasteiger partial charge in [0.2, 0.25) is 0 Å². The summed E-state index contributed by atoms with van der Waals surface area (Å²) < 4.78 is 46.1. The summed E-state index contributed by atoms with van der Waals surface area (Å²) >= 11 is 8.80. The molecule has 0 aliphatic rings. The first-order valence-corrected chi connectivity index (χ1v) is 9.34. The highest BCUT2D eigenvalue weighted by Crippen LogP contribution is 2.31. The van der Waals surface area contributed by atoms with Gasteiger partial charge in [-0.25, -0.2) is 9.55 Å². The molecule has 1 unspecified atom stereocenters. The lowest BCUT2D eigenvalue weighted by Gasteiger charge is -2.14. The number of hydrogen-bond acceptors (Lipinski definition) is 4. The monoisotopic (exact) mass is 414 g/mol. The molecular weight excluding hydrogens is 395 g/mol. The minimum Gasteiger partial charge on any atom is -0.496 e. The van der Waals surface area contributed by atoms with Crippen LogP contribution in [0.25, 0.3) is 17.0 Å². The van der Waals surface area contributed by atoms with Gasteiger partial charge in [0.1, 0.15) is 11.3 Å². The number of nitrogens with zero attached hydrogens (tertiary/aromatic N) is 2. The molecule has 0 amide bonds. The van der Waals surface area contributed by atoms with Crippen LogP contribution < -0.4 is 9.30 Å². The van der Waals surface area contributed by atoms with E-state index >= 15 is 0 Å². The maximum absolute atomic E-state index is 13.0. The second-order valence-electron chi connectivity index (χ2n) is 6.16. The van der Waals surface area contributed by atoms with E-state index in [1.165, 1.54) is 6.07 Å². The predicted octanol–water partition coefficient (Wildman–Crippen LogP) is 3.95. The van der Waals surface area contributed by atoms with Crippen LogP contribution in [0.5, 0.6) is 5.75 Å². The van der Waals surface area contributed by atoms with Gasteiger partial charge in [0.15, 0.2) is 5.52 Å². The first-order chi connectivity index (χ1) is 12.7. The van der Waals surface area contributed by atoms with Crippen molar-refractivity contribution in [3.05, 3.63) is 47.3 Å². The number of ether oxygens (including phenoxy) is 1. The highest BCUT2D eigenvalue weighted by molar-refractivity contribution is 7.84. The molecule has 3 aromatic rings. The summed E-state index contributed by atoms with van der Waals surface area (Å²) in [6.45, 7) is 1.92. The molecule has 0 saturated heterocycles. The number of aromatic amines is 1. The van der Waals surface area contributed by atoms with E-state index in [0.717, 1.165) is 29.1 Å². The van der Waals surface area contributed by atoms with E-state index in [4.69, 9.17) is 4.74 Å². The topological polar surface area (TPSA) is 41.8 Å². The maximum Gasteiger partial charge on any atom is 0.416 e. The van der Waals surface area contributed by atoms with Crippen LogP contribution in [-0.2, 0) is 12.6 Å². The van der Waals surface area contributed by atoms with Crippen molar-refractivity contribution in [1.29, 1.82) is 0 Å². The standard InChI is InChI=1S/C18H18F3N3OS2/c1-10-15(8-12(27)9-26)24(6-5-16(10)25-2)17-22-13-4-3-11(18(19,20)21)7-14(13)23-17/h3-7,12H,8-9H2,1-2H3,(H2-,22,23,26,27)/p+1. The number of alkyl halides is 3. The first-order valence-electron chi connectivity index (χ1n) is 8.19. The van der Waals surface area contributed by atoms with Crippen molar-refractivity contribution in [2.45, 2.75) is 24.8 Å². The van der Waals surface area contributed by atoms with Crippen molar-refractivity contribution in [3.8, 4) is 11.7 Å². The smallest absolute Gasteiger partial charge is 0.416 e. The van der Waals surface area contributed by atoms with Gasteiger partial charge in [-0.15, -0.1) is 0 Å². The van der Waals surface area contributed by atoms with Crippen LogP contribution in [0.2, 0.25) is 0 Å². The third-order valence-corrected chi connectivity index (χ3v) is 5.45. The fraction of sp³-hybridized carbons (Fsp3) is 0.333. The van der Waals surface area contributed by atoms with E-state index in [1.54, 1.807) is 19.4 Å². The fourth-order valence-corrected chi connectivity index (χ4v) is 3.23. The van der Waals surface area contributed by atoms with Gasteiger partial charge in [-0.1, -0.05) is 4.98 Å². The normalized spacial score (nSPS) is 13.1. The summed E-state index contributed by atoms with van der Waals surface area (Å²) in [7, 11) is 1.59. The summed E-state index contributed by atoms with van der Waals surface area (Å²) in [5, 5.41) is 0.00611. The number of imidazole rings is 1. The quantitative estimate of drug-likeness (QED) is 0.437. The Morgan fingerprint density at radius 1 is 1.30 bits per heavy atom. The molecule has 0 bridgehead atoms. The summed E-state index contributed by atoms with van der Waals surface area (Å²) in [4.78, 5) is 7.44. The van der Waals surface area contributed by atoms with Crippen molar-refractivity contribution in [2.24, 2.45) is 0 Å². The van der Waals surface area contributed by atoms with Crippen LogP contribution >= 0.6 is 25.3 Å². The van der Waals surface area contributed by atoms with Gasteiger partial charge in [-0.05, 0) is 25.1 Å². The van der Waals surface area contributed by atoms with Gasteiger partial charge in [0.25, 0.3) is 0 Å². The number of methoxy groups -OCH3 is 1. The molecule has 3 rings (SSSR count). The second kappa shape index (κ2) is 7.63. The molecule has 0 aliphatic heterocycles. The number of H-pyrrole nitrogens is 1. The highest BCUT2D eigenvalue weighted by atomic mass is 32.1. The first kappa shape index (κ1) is 19.9. The largest absolute Gasteiger partial charge is 0.496 e. The van der Waals surface area contributed by atoms with E-state index in [0.29, 0.717) is 29.2 Å². The van der Waals surface area contributed by atoms with E-state index in [9.17, 15) is 13.2 Å². The number of fused-ring (bicyclic) bond motifs is 1. The van der Waals surface area contributed by atoms with E-state index < -0.39 is 11.7 Å². The molecule has 0 radical (unpaired) electrons. The van der Waals surface area contributed by atoms with Crippen LogP contribution in [0.15, 0.2) is 30.5 Å². The molecule has 0 aliphatic carbocycles. The van der Waals surface area contributed by atoms with E-state index in [1.807, 2.05) is 11.5 Å². The Balaban J connectivity index is 2.13. The lowest BCUT2D eigenvalue weighted by molar-refractivity contribution is -0.612. The van der Waals surface area contributed by atoms with Gasteiger partial charge in [0.05, 0.1) is 24.6 Å². The van der Waals surface area contributed by atoms with Gasteiger partial charge < -0.3 is 4.74 Å². The number of hydrogen-bond donors (Lipinski definition) is 3. The molecule has 0 saturated carbocycles. The van der Waals surface area contributed by atoms with Crippen molar-refractivity contribution in [3.63, 3.8) is 0 Å². The summed E-state index contributed by atoms with van der Waals surface area (Å²) in [5.74, 6) is 1.73. The van der Waals surface area contributed by atoms with Crippen molar-refractivity contribution >= 4 is 36.3 Å². The predicted molar refractivity (Wildman–Crippen MR) is 104 cm³/mol. The number of pyridine rings is 1. The zero-order valence-electron chi connectivity index (χ0n) is 14.7. The van der Waals surface area contributed by atoms with Crippen LogP contribution in [-0.4, -0.2) is 28.1 Å². The SMILES string of the molecule is COc1cc[n+](-c2nc3ccc(C(F)(F)F)cc3[nH]2)c(CC(S)CS)c1C. The summed E-state index contributed by atoms with van der Waals surface area (Å²) in [5.41, 5.74) is 1.88. The fourth-order valence-electron chi connectivity index (χ4n) is 2.93. The van der Waals surface area contributed by atoms with Crippen LogP contribution in [0.3, 0.4) is 0 Å². The molecule has 1 aromatic carbocycles. The molecule has 1 N–H and O–H groups in total. The van der Waals surface area contributed by atoms with Crippen LogP contribution in [0.4, 0.5) is 13.2 Å². The minimum absolute atomic E-state index is 0.00611. The van der Waals surface area contributed by atoms with Crippen molar-refractivity contribution < 1.29 is 22.5 Å². The number of rotatable bonds is 5. The molecule has 1 atom stereocenters. The number of halogens is 3. The van der Waals surface area contributed by atoms with Gasteiger partial charge in [0, 0.05) is 29.1 Å². The Kier molecular flexibility index (Phi) is 5.62. The Hall–Kier alpha value is -1.87. The van der Waals surface area contributed by atoms with Crippen LogP contribution in [0.1, 0.15) is 16.8 Å². The zero-order chi connectivity index (χ0) is 19.8. The summed E-state index contributed by atoms with van der Waals surface area (Å²) in [6.07, 6.45) is -2.02. The molecule has 9 heteroatoms. The average molecular weight is 414 g/mol. The molecule has 27 heavy (non-hydrogen) atoms. The average Bonchev–Trinajstić information content (AvgIpc) is 3.05. The highest BCUT2D eigenvalue weighted by Gasteiger charge is 2.32. The van der Waals surface area contributed by atoms with Gasteiger partial charge in [-0.2, -0.15) is 38.4 Å². The lowest BCUT2D eigenvalue weighted by atomic mass is 10.1. The Bertz CT molecular complexity index is 972. The molecule has 2 aromatic heterocycles. The third kappa shape index (κ3) is 4.03. The Labute approximate surface area is 165 Å².